The first-order valence-corrected chi connectivity index (χ1v) is 15.5. The van der Waals surface area contributed by atoms with Crippen LogP contribution in [0.3, 0.4) is 0 Å². The van der Waals surface area contributed by atoms with E-state index < -0.39 is 0 Å². The van der Waals surface area contributed by atoms with Crippen molar-refractivity contribution in [2.45, 2.75) is 0 Å². The van der Waals surface area contributed by atoms with Gasteiger partial charge in [-0.05, 0) is 54.1 Å². The summed E-state index contributed by atoms with van der Waals surface area (Å²) >= 11 is 0. The van der Waals surface area contributed by atoms with Crippen molar-refractivity contribution in [1.29, 1.82) is 0 Å². The monoisotopic (exact) mass is 573 g/mol. The third-order valence-electron chi connectivity index (χ3n) is 9.43. The summed E-state index contributed by atoms with van der Waals surface area (Å²) in [7, 11) is 0. The van der Waals surface area contributed by atoms with Crippen LogP contribution in [0, 0.1) is 0 Å². The first-order valence-electron chi connectivity index (χ1n) is 15.5. The normalized spacial score (nSPS) is 12.0. The van der Waals surface area contributed by atoms with Gasteiger partial charge in [-0.15, -0.1) is 0 Å². The molecule has 0 spiro atoms. The average Bonchev–Trinajstić information content (AvgIpc) is 3.75. The number of para-hydroxylation sites is 4. The van der Waals surface area contributed by atoms with Crippen molar-refractivity contribution < 1.29 is 0 Å². The smallest absolute Gasteiger partial charge is 0.0790 e. The van der Waals surface area contributed by atoms with E-state index in [0.29, 0.717) is 0 Å². The van der Waals surface area contributed by atoms with Crippen LogP contribution in [0.15, 0.2) is 164 Å². The van der Waals surface area contributed by atoms with Gasteiger partial charge in [0.25, 0.3) is 0 Å². The third-order valence-corrected chi connectivity index (χ3v) is 9.43. The zero-order valence-electron chi connectivity index (χ0n) is 24.4. The van der Waals surface area contributed by atoms with E-state index in [2.05, 4.69) is 177 Å². The van der Waals surface area contributed by atoms with Gasteiger partial charge in [0.15, 0.2) is 0 Å². The minimum Gasteiger partial charge on any atom is -0.314 e. The second-order valence-electron chi connectivity index (χ2n) is 11.8. The SMILES string of the molecule is c1ccc(-c2c3ccccc3n3ccc4c5ccccc5n(-c5cccc(-n6c7ccccc7c7ccccc76)c5)c4c23)cc1. The molecule has 0 amide bonds. The summed E-state index contributed by atoms with van der Waals surface area (Å²) in [5.41, 5.74) is 12.0. The van der Waals surface area contributed by atoms with Gasteiger partial charge >= 0.3 is 0 Å². The predicted molar refractivity (Wildman–Crippen MR) is 189 cm³/mol. The molecule has 10 rings (SSSR count). The van der Waals surface area contributed by atoms with Gasteiger partial charge < -0.3 is 13.5 Å². The fourth-order valence-electron chi connectivity index (χ4n) is 7.60. The van der Waals surface area contributed by atoms with Gasteiger partial charge in [-0.25, -0.2) is 0 Å². The molecule has 0 saturated heterocycles. The zero-order valence-corrected chi connectivity index (χ0v) is 24.4. The van der Waals surface area contributed by atoms with Crippen LogP contribution in [0.4, 0.5) is 0 Å². The minimum absolute atomic E-state index is 1.14. The lowest BCUT2D eigenvalue weighted by atomic mass is 10.0. The lowest BCUT2D eigenvalue weighted by Gasteiger charge is -2.14. The van der Waals surface area contributed by atoms with Gasteiger partial charge in [-0.3, -0.25) is 0 Å². The van der Waals surface area contributed by atoms with E-state index in [0.717, 1.165) is 11.4 Å². The van der Waals surface area contributed by atoms with Crippen LogP contribution in [-0.2, 0) is 0 Å². The second kappa shape index (κ2) is 9.22. The van der Waals surface area contributed by atoms with Crippen molar-refractivity contribution in [3.63, 3.8) is 0 Å². The van der Waals surface area contributed by atoms with Crippen molar-refractivity contribution in [3.05, 3.63) is 164 Å². The summed E-state index contributed by atoms with van der Waals surface area (Å²) in [4.78, 5) is 0. The highest BCUT2D eigenvalue weighted by molar-refractivity contribution is 6.20. The summed E-state index contributed by atoms with van der Waals surface area (Å²) < 4.78 is 7.26. The average molecular weight is 574 g/mol. The topological polar surface area (TPSA) is 14.3 Å². The van der Waals surface area contributed by atoms with E-state index in [1.54, 1.807) is 0 Å². The molecular weight excluding hydrogens is 546 g/mol. The molecular formula is C42H27N3. The number of hydrogen-bond acceptors (Lipinski definition) is 0. The fourth-order valence-corrected chi connectivity index (χ4v) is 7.60. The first-order chi connectivity index (χ1) is 22.4. The molecule has 4 aromatic heterocycles. The summed E-state index contributed by atoms with van der Waals surface area (Å²) in [5.74, 6) is 0. The van der Waals surface area contributed by atoms with Crippen LogP contribution in [0.1, 0.15) is 0 Å². The van der Waals surface area contributed by atoms with Crippen molar-refractivity contribution in [1.82, 2.24) is 13.5 Å². The number of fused-ring (bicyclic) bond motifs is 10. The molecule has 0 N–H and O–H groups in total. The summed E-state index contributed by atoms with van der Waals surface area (Å²) in [6.07, 6.45) is 2.25. The second-order valence-corrected chi connectivity index (χ2v) is 11.8. The molecule has 210 valence electrons. The third kappa shape index (κ3) is 3.35. The molecule has 6 aromatic carbocycles. The Bertz CT molecular complexity index is 2700. The molecule has 0 unspecified atom stereocenters. The predicted octanol–water partition coefficient (Wildman–Crippen LogP) is 11.0. The highest BCUT2D eigenvalue weighted by Gasteiger charge is 2.22. The van der Waals surface area contributed by atoms with E-state index in [1.807, 2.05) is 0 Å². The molecule has 0 radical (unpaired) electrons. The molecule has 45 heavy (non-hydrogen) atoms. The van der Waals surface area contributed by atoms with Gasteiger partial charge in [-0.1, -0.05) is 109 Å². The molecule has 0 atom stereocenters. The van der Waals surface area contributed by atoms with Gasteiger partial charge in [0, 0.05) is 50.1 Å². The van der Waals surface area contributed by atoms with Gasteiger partial charge in [0.1, 0.15) is 0 Å². The van der Waals surface area contributed by atoms with Crippen LogP contribution in [0.2, 0.25) is 0 Å². The fraction of sp³-hybridized carbons (Fsp3) is 0. The van der Waals surface area contributed by atoms with Crippen LogP contribution in [0.5, 0.6) is 0 Å². The molecule has 0 aliphatic rings. The maximum absolute atomic E-state index is 2.47. The molecule has 0 saturated carbocycles. The Morgan fingerprint density at radius 2 is 0.844 bits per heavy atom. The van der Waals surface area contributed by atoms with E-state index in [9.17, 15) is 0 Å². The van der Waals surface area contributed by atoms with Crippen molar-refractivity contribution in [3.8, 4) is 22.5 Å². The number of rotatable bonds is 3. The molecule has 0 fully saturated rings. The highest BCUT2D eigenvalue weighted by atomic mass is 15.0. The summed E-state index contributed by atoms with van der Waals surface area (Å²) in [6, 6.07) is 57.2. The largest absolute Gasteiger partial charge is 0.314 e. The molecule has 0 bridgehead atoms. The molecule has 4 heterocycles. The van der Waals surface area contributed by atoms with Crippen LogP contribution < -0.4 is 0 Å². The summed E-state index contributed by atoms with van der Waals surface area (Å²) in [6.45, 7) is 0. The Morgan fingerprint density at radius 1 is 0.333 bits per heavy atom. The Balaban J connectivity index is 1.36. The Hall–Kier alpha value is -6.06. The molecule has 0 aliphatic carbocycles. The Morgan fingerprint density at radius 3 is 1.51 bits per heavy atom. The van der Waals surface area contributed by atoms with E-state index in [4.69, 9.17) is 0 Å². The maximum Gasteiger partial charge on any atom is 0.0790 e. The van der Waals surface area contributed by atoms with Gasteiger partial charge in [0.05, 0.1) is 33.1 Å². The lowest BCUT2D eigenvalue weighted by molar-refractivity contribution is 1.13. The Labute approximate surface area is 259 Å². The Kier molecular flexibility index (Phi) is 5.00. The molecule has 3 heteroatoms. The summed E-state index contributed by atoms with van der Waals surface area (Å²) in [5, 5.41) is 6.29. The quantitative estimate of drug-likeness (QED) is 0.200. The highest BCUT2D eigenvalue weighted by Crippen LogP contribution is 2.43. The number of aromatic nitrogens is 3. The molecule has 3 nitrogen and oxygen atoms in total. The van der Waals surface area contributed by atoms with Crippen molar-refractivity contribution >= 4 is 60.0 Å². The number of pyridine rings is 1. The molecule has 10 aromatic rings. The van der Waals surface area contributed by atoms with Crippen LogP contribution >= 0.6 is 0 Å². The van der Waals surface area contributed by atoms with Crippen molar-refractivity contribution in [2.75, 3.05) is 0 Å². The minimum atomic E-state index is 1.14. The molecule has 0 aliphatic heterocycles. The van der Waals surface area contributed by atoms with E-state index in [-0.39, 0.29) is 0 Å². The standard InChI is InChI=1S/C42H27N3/c1-2-13-28(14-3-1)40-35-20-7-8-21-36(35)43-26-25-34-33-19-6-11-24-39(33)45(41(34)42(40)43)30-16-12-15-29(27-30)44-37-22-9-4-17-31(37)32-18-5-10-23-38(32)44/h1-27H. The lowest BCUT2D eigenvalue weighted by Crippen LogP contribution is -1.99. The van der Waals surface area contributed by atoms with Crippen molar-refractivity contribution in [2.24, 2.45) is 0 Å². The first kappa shape index (κ1) is 24.4. The van der Waals surface area contributed by atoms with Crippen LogP contribution in [-0.4, -0.2) is 13.5 Å². The number of nitrogens with zero attached hydrogens (tertiary/aromatic N) is 3. The van der Waals surface area contributed by atoms with Gasteiger partial charge in [0.2, 0.25) is 0 Å². The van der Waals surface area contributed by atoms with E-state index in [1.165, 1.54) is 71.2 Å². The number of benzene rings is 6. The number of hydrogen-bond donors (Lipinski definition) is 0. The van der Waals surface area contributed by atoms with E-state index >= 15 is 0 Å². The maximum atomic E-state index is 2.47. The van der Waals surface area contributed by atoms with Gasteiger partial charge in [-0.2, -0.15) is 0 Å². The van der Waals surface area contributed by atoms with Crippen LogP contribution in [0.25, 0.3) is 82.5 Å². The zero-order chi connectivity index (χ0) is 29.5.